The van der Waals surface area contributed by atoms with Gasteiger partial charge in [-0.1, -0.05) is 12.1 Å². The van der Waals surface area contributed by atoms with Crippen LogP contribution in [0.1, 0.15) is 10.4 Å². The molecule has 1 aromatic carbocycles. The number of piperazine rings is 1. The van der Waals surface area contributed by atoms with Crippen LogP contribution >= 0.6 is 0 Å². The van der Waals surface area contributed by atoms with Crippen LogP contribution in [0.15, 0.2) is 52.6 Å². The molecule has 0 bridgehead atoms. The van der Waals surface area contributed by atoms with E-state index in [2.05, 4.69) is 9.13 Å². The number of fused-ring (bicyclic) bond motifs is 1. The standard InChI is InChI=1S/C20H20F2N4O5S/c21-20(22)31-16-4-2-1-3-15(16)19(28)25-9-7-24(8-10-25)18(27)14-5-6-17-23-32(29,30)12-11-26(17)13-14/h1-6,13,20H,7-12H2. The fourth-order valence-electron chi connectivity index (χ4n) is 3.64. The van der Waals surface area contributed by atoms with Crippen molar-refractivity contribution in [3.8, 4) is 5.75 Å². The monoisotopic (exact) mass is 466 g/mol. The van der Waals surface area contributed by atoms with E-state index in [1.807, 2.05) is 0 Å². The molecule has 2 amide bonds. The molecule has 0 saturated carbocycles. The van der Waals surface area contributed by atoms with E-state index >= 15 is 0 Å². The van der Waals surface area contributed by atoms with Crippen LogP contribution in [0.3, 0.4) is 0 Å². The highest BCUT2D eigenvalue weighted by Gasteiger charge is 2.30. The molecular formula is C20H20F2N4O5S. The fourth-order valence-corrected chi connectivity index (χ4v) is 4.60. The zero-order valence-electron chi connectivity index (χ0n) is 16.9. The lowest BCUT2D eigenvalue weighted by atomic mass is 10.1. The van der Waals surface area contributed by atoms with Gasteiger partial charge in [0.05, 0.1) is 16.9 Å². The molecule has 0 aliphatic carbocycles. The van der Waals surface area contributed by atoms with Crippen LogP contribution in [0.4, 0.5) is 8.78 Å². The van der Waals surface area contributed by atoms with Crippen LogP contribution in [0, 0.1) is 0 Å². The summed E-state index contributed by atoms with van der Waals surface area (Å²) in [6.45, 7) is -1.82. The number of hydrogen-bond acceptors (Lipinski definition) is 6. The molecule has 0 spiro atoms. The Morgan fingerprint density at radius 1 is 0.969 bits per heavy atom. The predicted molar refractivity (Wildman–Crippen MR) is 111 cm³/mol. The first-order valence-electron chi connectivity index (χ1n) is 9.85. The van der Waals surface area contributed by atoms with Gasteiger partial charge in [0.15, 0.2) is 0 Å². The summed E-state index contributed by atoms with van der Waals surface area (Å²) in [6.07, 6.45) is 4.59. The molecule has 32 heavy (non-hydrogen) atoms. The van der Waals surface area contributed by atoms with Crippen LogP contribution < -0.4 is 4.74 Å². The number of nitrogens with zero attached hydrogens (tertiary/aromatic N) is 4. The number of para-hydroxylation sites is 1. The van der Waals surface area contributed by atoms with E-state index in [-0.39, 0.29) is 61.5 Å². The SMILES string of the molecule is O=C(C1=CN2CCS(=O)(=O)N=C2C=C1)N1CCN(C(=O)c2ccccc2OC(F)F)CC1. The molecule has 1 fully saturated rings. The molecule has 0 unspecified atom stereocenters. The molecule has 3 aliphatic heterocycles. The lowest BCUT2D eigenvalue weighted by Crippen LogP contribution is -2.51. The summed E-state index contributed by atoms with van der Waals surface area (Å²) < 4.78 is 56.6. The zero-order valence-corrected chi connectivity index (χ0v) is 17.7. The molecule has 0 N–H and O–H groups in total. The summed E-state index contributed by atoms with van der Waals surface area (Å²) >= 11 is 0. The van der Waals surface area contributed by atoms with Crippen molar-refractivity contribution >= 4 is 27.7 Å². The number of amides is 2. The number of alkyl halides is 2. The number of halogens is 2. The van der Waals surface area contributed by atoms with Gasteiger partial charge in [0, 0.05) is 38.9 Å². The van der Waals surface area contributed by atoms with Crippen molar-refractivity contribution in [3.63, 3.8) is 0 Å². The fraction of sp³-hybridized carbons (Fsp3) is 0.350. The summed E-state index contributed by atoms with van der Waals surface area (Å²) in [6, 6.07) is 5.80. The van der Waals surface area contributed by atoms with Gasteiger partial charge in [-0.2, -0.15) is 8.78 Å². The van der Waals surface area contributed by atoms with Gasteiger partial charge in [0.1, 0.15) is 11.6 Å². The topological polar surface area (TPSA) is 99.6 Å². The number of hydrogen-bond donors (Lipinski definition) is 0. The van der Waals surface area contributed by atoms with Crippen LogP contribution in [0.2, 0.25) is 0 Å². The highest BCUT2D eigenvalue weighted by Crippen LogP contribution is 2.23. The van der Waals surface area contributed by atoms with Crippen molar-refractivity contribution in [3.05, 3.63) is 53.8 Å². The third kappa shape index (κ3) is 4.64. The highest BCUT2D eigenvalue weighted by molar-refractivity contribution is 7.90. The summed E-state index contributed by atoms with van der Waals surface area (Å²) in [5.41, 5.74) is 0.427. The third-order valence-electron chi connectivity index (χ3n) is 5.26. The van der Waals surface area contributed by atoms with Crippen molar-refractivity contribution in [1.82, 2.24) is 14.7 Å². The highest BCUT2D eigenvalue weighted by atomic mass is 32.2. The first kappa shape index (κ1) is 21.9. The maximum atomic E-state index is 12.9. The molecule has 9 nitrogen and oxygen atoms in total. The smallest absolute Gasteiger partial charge is 0.387 e. The lowest BCUT2D eigenvalue weighted by Gasteiger charge is -2.36. The Kier molecular flexibility index (Phi) is 5.96. The Morgan fingerprint density at radius 2 is 1.62 bits per heavy atom. The van der Waals surface area contributed by atoms with Crippen molar-refractivity contribution < 1.29 is 31.5 Å². The van der Waals surface area contributed by atoms with Crippen LogP contribution in [-0.4, -0.2) is 85.9 Å². The van der Waals surface area contributed by atoms with E-state index < -0.39 is 22.5 Å². The Hall–Kier alpha value is -3.28. The second-order valence-electron chi connectivity index (χ2n) is 7.31. The summed E-state index contributed by atoms with van der Waals surface area (Å²) in [7, 11) is -3.48. The van der Waals surface area contributed by atoms with Crippen LogP contribution in [0.5, 0.6) is 5.75 Å². The second kappa shape index (κ2) is 8.69. The van der Waals surface area contributed by atoms with Gasteiger partial charge in [0.25, 0.3) is 21.8 Å². The number of sulfonamides is 1. The van der Waals surface area contributed by atoms with E-state index in [1.165, 1.54) is 35.3 Å². The average Bonchev–Trinajstić information content (AvgIpc) is 2.77. The van der Waals surface area contributed by atoms with Gasteiger partial charge < -0.3 is 19.4 Å². The number of carbonyl (C=O) groups is 2. The Balaban J connectivity index is 1.39. The second-order valence-corrected chi connectivity index (χ2v) is 9.06. The molecule has 1 saturated heterocycles. The van der Waals surface area contributed by atoms with Gasteiger partial charge in [-0.3, -0.25) is 9.59 Å². The first-order valence-corrected chi connectivity index (χ1v) is 11.5. The zero-order chi connectivity index (χ0) is 22.9. The van der Waals surface area contributed by atoms with E-state index in [9.17, 15) is 26.8 Å². The number of carbonyl (C=O) groups excluding carboxylic acids is 2. The molecule has 3 aliphatic rings. The van der Waals surface area contributed by atoms with Gasteiger partial charge in [-0.25, -0.2) is 8.42 Å². The van der Waals surface area contributed by atoms with Crippen molar-refractivity contribution in [1.29, 1.82) is 0 Å². The number of ether oxygens (including phenoxy) is 1. The van der Waals surface area contributed by atoms with Crippen molar-refractivity contribution in [2.45, 2.75) is 6.61 Å². The molecule has 0 atom stereocenters. The van der Waals surface area contributed by atoms with Gasteiger partial charge in [-0.05, 0) is 24.3 Å². The third-order valence-corrected chi connectivity index (χ3v) is 6.42. The minimum Gasteiger partial charge on any atom is -0.434 e. The quantitative estimate of drug-likeness (QED) is 0.658. The molecule has 0 radical (unpaired) electrons. The Bertz CT molecular complexity index is 1120. The number of amidine groups is 1. The lowest BCUT2D eigenvalue weighted by molar-refractivity contribution is -0.128. The van der Waals surface area contributed by atoms with Gasteiger partial charge in [0.2, 0.25) is 0 Å². The van der Waals surface area contributed by atoms with E-state index in [0.717, 1.165) is 0 Å². The average molecular weight is 466 g/mol. The molecule has 3 heterocycles. The van der Waals surface area contributed by atoms with Crippen molar-refractivity contribution in [2.75, 3.05) is 38.5 Å². The van der Waals surface area contributed by atoms with Gasteiger partial charge in [-0.15, -0.1) is 4.40 Å². The molecular weight excluding hydrogens is 446 g/mol. The van der Waals surface area contributed by atoms with Crippen LogP contribution in [-0.2, 0) is 14.8 Å². The van der Waals surface area contributed by atoms with Crippen LogP contribution in [0.25, 0.3) is 0 Å². The van der Waals surface area contributed by atoms with E-state index in [0.29, 0.717) is 5.57 Å². The maximum Gasteiger partial charge on any atom is 0.387 e. The minimum atomic E-state index is -3.48. The normalized spacial score (nSPS) is 19.9. The molecule has 12 heteroatoms. The molecule has 4 rings (SSSR count). The molecule has 0 aromatic heterocycles. The summed E-state index contributed by atoms with van der Waals surface area (Å²) in [4.78, 5) is 30.4. The van der Waals surface area contributed by atoms with E-state index in [4.69, 9.17) is 0 Å². The Morgan fingerprint density at radius 3 is 2.31 bits per heavy atom. The molecule has 170 valence electrons. The largest absolute Gasteiger partial charge is 0.434 e. The number of rotatable bonds is 4. The maximum absolute atomic E-state index is 12.9. The van der Waals surface area contributed by atoms with Crippen molar-refractivity contribution in [2.24, 2.45) is 4.40 Å². The van der Waals surface area contributed by atoms with E-state index in [1.54, 1.807) is 22.1 Å². The summed E-state index contributed by atoms with van der Waals surface area (Å²) in [5.74, 6) is -0.736. The first-order chi connectivity index (χ1) is 15.2. The number of benzene rings is 1. The predicted octanol–water partition coefficient (Wildman–Crippen LogP) is 1.07. The Labute approximate surface area is 183 Å². The minimum absolute atomic E-state index is 0.0392. The van der Waals surface area contributed by atoms with Gasteiger partial charge >= 0.3 is 6.61 Å². The molecule has 1 aromatic rings. The summed E-state index contributed by atoms with van der Waals surface area (Å²) in [5, 5.41) is 0.